The van der Waals surface area contributed by atoms with Gasteiger partial charge in [-0.25, -0.2) is 0 Å². The number of hydrogen-bond acceptors (Lipinski definition) is 1. The Hall–Kier alpha value is -3.32. The van der Waals surface area contributed by atoms with Crippen LogP contribution in [-0.2, 0) is 5.41 Å². The smallest absolute Gasteiger partial charge is 0.0473 e. The highest BCUT2D eigenvalue weighted by Crippen LogP contribution is 2.52. The second-order valence-electron chi connectivity index (χ2n) is 8.03. The van der Waals surface area contributed by atoms with Gasteiger partial charge in [0, 0.05) is 22.2 Å². The lowest BCUT2D eigenvalue weighted by atomic mass is 9.78. The normalized spacial score (nSPS) is 13.8. The Kier molecular flexibility index (Phi) is 3.67. The van der Waals surface area contributed by atoms with Gasteiger partial charge in [0.25, 0.3) is 0 Å². The zero-order valence-electron chi connectivity index (χ0n) is 16.2. The number of benzene rings is 4. The summed E-state index contributed by atoms with van der Waals surface area (Å²) in [6.45, 7) is 4.64. The topological polar surface area (TPSA) is 26.0 Å². The Morgan fingerprint density at radius 1 is 0.536 bits per heavy atom. The summed E-state index contributed by atoms with van der Waals surface area (Å²) in [5.41, 5.74) is 17.5. The quantitative estimate of drug-likeness (QED) is 0.386. The van der Waals surface area contributed by atoms with E-state index in [1.54, 1.807) is 0 Å². The largest absolute Gasteiger partial charge is 0.398 e. The molecule has 1 nitrogen and oxygen atoms in total. The molecule has 0 aliphatic heterocycles. The van der Waals surface area contributed by atoms with Crippen LogP contribution in [0.2, 0.25) is 0 Å². The average molecular weight is 361 g/mol. The fourth-order valence-corrected chi connectivity index (χ4v) is 4.74. The van der Waals surface area contributed by atoms with Crippen molar-refractivity contribution in [1.29, 1.82) is 0 Å². The molecule has 1 heteroatoms. The number of rotatable bonds is 2. The number of fused-ring (bicyclic) bond motifs is 3. The van der Waals surface area contributed by atoms with Crippen molar-refractivity contribution in [3.05, 3.63) is 102 Å². The van der Waals surface area contributed by atoms with Crippen molar-refractivity contribution in [2.45, 2.75) is 19.3 Å². The molecule has 0 aromatic heterocycles. The molecule has 4 aromatic rings. The summed E-state index contributed by atoms with van der Waals surface area (Å²) < 4.78 is 0. The van der Waals surface area contributed by atoms with Crippen LogP contribution in [-0.4, -0.2) is 0 Å². The van der Waals surface area contributed by atoms with Crippen LogP contribution in [0.3, 0.4) is 0 Å². The summed E-state index contributed by atoms with van der Waals surface area (Å²) in [5.74, 6) is 0. The summed E-state index contributed by atoms with van der Waals surface area (Å²) >= 11 is 0. The van der Waals surface area contributed by atoms with Crippen molar-refractivity contribution in [3.63, 3.8) is 0 Å². The molecule has 0 unspecified atom stereocenters. The molecule has 0 fully saturated rings. The summed E-state index contributed by atoms with van der Waals surface area (Å²) in [6.07, 6.45) is 0. The number of anilines is 1. The van der Waals surface area contributed by atoms with Gasteiger partial charge >= 0.3 is 0 Å². The van der Waals surface area contributed by atoms with Gasteiger partial charge in [0.15, 0.2) is 0 Å². The summed E-state index contributed by atoms with van der Waals surface area (Å²) in [6, 6.07) is 32.1. The van der Waals surface area contributed by atoms with E-state index in [9.17, 15) is 0 Å². The van der Waals surface area contributed by atoms with E-state index < -0.39 is 0 Å². The first-order valence-electron chi connectivity index (χ1n) is 9.76. The highest BCUT2D eigenvalue weighted by molar-refractivity contribution is 5.94. The molecule has 136 valence electrons. The van der Waals surface area contributed by atoms with Crippen molar-refractivity contribution in [1.82, 2.24) is 0 Å². The number of para-hydroxylation sites is 1. The third-order valence-electron chi connectivity index (χ3n) is 6.06. The van der Waals surface area contributed by atoms with Gasteiger partial charge in [-0.1, -0.05) is 105 Å². The Morgan fingerprint density at radius 2 is 1.07 bits per heavy atom. The summed E-state index contributed by atoms with van der Waals surface area (Å²) in [4.78, 5) is 0. The molecule has 0 atom stereocenters. The third kappa shape index (κ3) is 2.33. The highest BCUT2D eigenvalue weighted by atomic mass is 14.6. The first kappa shape index (κ1) is 16.8. The predicted molar refractivity (Wildman–Crippen MR) is 119 cm³/mol. The van der Waals surface area contributed by atoms with Crippen molar-refractivity contribution in [2.24, 2.45) is 0 Å². The molecule has 0 amide bonds. The molecule has 1 aliphatic rings. The van der Waals surface area contributed by atoms with Gasteiger partial charge in [-0.3, -0.25) is 0 Å². The Morgan fingerprint density at radius 3 is 1.82 bits per heavy atom. The van der Waals surface area contributed by atoms with Crippen LogP contribution in [0, 0.1) is 0 Å². The van der Waals surface area contributed by atoms with Gasteiger partial charge in [0.05, 0.1) is 0 Å². The Bertz CT molecular complexity index is 1190. The molecule has 28 heavy (non-hydrogen) atoms. The van der Waals surface area contributed by atoms with Crippen LogP contribution in [0.5, 0.6) is 0 Å². The zero-order chi connectivity index (χ0) is 19.3. The molecule has 0 spiro atoms. The summed E-state index contributed by atoms with van der Waals surface area (Å²) in [5, 5.41) is 0. The average Bonchev–Trinajstić information content (AvgIpc) is 2.97. The highest BCUT2D eigenvalue weighted by Gasteiger charge is 2.37. The van der Waals surface area contributed by atoms with Gasteiger partial charge < -0.3 is 5.73 Å². The number of hydrogen-bond donors (Lipinski definition) is 1. The van der Waals surface area contributed by atoms with E-state index in [0.717, 1.165) is 22.4 Å². The molecule has 0 saturated heterocycles. The van der Waals surface area contributed by atoms with E-state index in [1.165, 1.54) is 27.8 Å². The van der Waals surface area contributed by atoms with Gasteiger partial charge in [0.2, 0.25) is 0 Å². The van der Waals surface area contributed by atoms with Crippen molar-refractivity contribution in [2.75, 3.05) is 5.73 Å². The fraction of sp³-hybridized carbons (Fsp3) is 0.111. The zero-order valence-corrected chi connectivity index (χ0v) is 16.2. The fourth-order valence-electron chi connectivity index (χ4n) is 4.74. The molecule has 5 rings (SSSR count). The van der Waals surface area contributed by atoms with Gasteiger partial charge in [0.1, 0.15) is 0 Å². The van der Waals surface area contributed by atoms with Gasteiger partial charge in [-0.2, -0.15) is 0 Å². The maximum atomic E-state index is 6.74. The standard InChI is InChI=1S/C27H23N/c1-27(2)24-17-7-6-12-20(24)21-14-9-15-22(25(21)27)23-16-8-13-19(26(23)28)18-10-4-3-5-11-18/h3-17H,28H2,1-2H3. The van der Waals surface area contributed by atoms with E-state index in [-0.39, 0.29) is 5.41 Å². The molecule has 0 radical (unpaired) electrons. The van der Waals surface area contributed by atoms with Crippen LogP contribution in [0.4, 0.5) is 5.69 Å². The van der Waals surface area contributed by atoms with E-state index >= 15 is 0 Å². The van der Waals surface area contributed by atoms with E-state index in [0.29, 0.717) is 0 Å². The summed E-state index contributed by atoms with van der Waals surface area (Å²) in [7, 11) is 0. The van der Waals surface area contributed by atoms with E-state index in [1.807, 2.05) is 6.07 Å². The van der Waals surface area contributed by atoms with Crippen LogP contribution >= 0.6 is 0 Å². The predicted octanol–water partition coefficient (Wildman–Crippen LogP) is 6.91. The monoisotopic (exact) mass is 361 g/mol. The second kappa shape index (κ2) is 6.10. The van der Waals surface area contributed by atoms with Crippen LogP contribution in [0.25, 0.3) is 33.4 Å². The SMILES string of the molecule is CC1(C)c2ccccc2-c2cccc(-c3cccc(-c4ccccc4)c3N)c21. The lowest BCUT2D eigenvalue weighted by molar-refractivity contribution is 0.662. The lowest BCUT2D eigenvalue weighted by Crippen LogP contribution is -2.16. The molecule has 4 aromatic carbocycles. The molecular weight excluding hydrogens is 338 g/mol. The minimum atomic E-state index is -0.0578. The van der Waals surface area contributed by atoms with Crippen LogP contribution in [0.1, 0.15) is 25.0 Å². The lowest BCUT2D eigenvalue weighted by Gasteiger charge is -2.25. The second-order valence-corrected chi connectivity index (χ2v) is 8.03. The Balaban J connectivity index is 1.77. The minimum Gasteiger partial charge on any atom is -0.398 e. The molecule has 2 N–H and O–H groups in total. The van der Waals surface area contributed by atoms with Crippen molar-refractivity contribution < 1.29 is 0 Å². The molecule has 1 aliphatic carbocycles. The van der Waals surface area contributed by atoms with E-state index in [4.69, 9.17) is 5.73 Å². The first-order chi connectivity index (χ1) is 13.6. The molecule has 0 bridgehead atoms. The molecule has 0 heterocycles. The third-order valence-corrected chi connectivity index (χ3v) is 6.06. The first-order valence-corrected chi connectivity index (χ1v) is 9.76. The van der Waals surface area contributed by atoms with Gasteiger partial charge in [-0.05, 0) is 33.4 Å². The number of nitrogen functional groups attached to an aromatic ring is 1. The minimum absolute atomic E-state index is 0.0578. The van der Waals surface area contributed by atoms with Gasteiger partial charge in [-0.15, -0.1) is 0 Å². The maximum absolute atomic E-state index is 6.74. The van der Waals surface area contributed by atoms with Crippen LogP contribution < -0.4 is 5.73 Å². The Labute approximate surface area is 166 Å². The number of nitrogens with two attached hydrogens (primary N) is 1. The van der Waals surface area contributed by atoms with Crippen molar-refractivity contribution in [3.8, 4) is 33.4 Å². The van der Waals surface area contributed by atoms with Crippen molar-refractivity contribution >= 4 is 5.69 Å². The van der Waals surface area contributed by atoms with E-state index in [2.05, 4.69) is 98.8 Å². The molecule has 0 saturated carbocycles. The molecular formula is C27H23N. The van der Waals surface area contributed by atoms with Crippen LogP contribution in [0.15, 0.2) is 91.0 Å². The maximum Gasteiger partial charge on any atom is 0.0473 e.